The lowest BCUT2D eigenvalue weighted by Crippen LogP contribution is -2.43. The molecule has 0 spiro atoms. The first-order valence-electron chi connectivity index (χ1n) is 8.77. The number of carbonyl (C=O) groups excluding carboxylic acids is 3. The van der Waals surface area contributed by atoms with Crippen molar-refractivity contribution in [3.8, 4) is 0 Å². The predicted molar refractivity (Wildman–Crippen MR) is 95.3 cm³/mol. The van der Waals surface area contributed by atoms with E-state index in [2.05, 4.69) is 5.32 Å². The van der Waals surface area contributed by atoms with Gasteiger partial charge in [-0.3, -0.25) is 9.59 Å². The Balaban J connectivity index is 2.07. The van der Waals surface area contributed by atoms with Crippen LogP contribution >= 0.6 is 0 Å². The number of nitrogens with zero attached hydrogens (tertiary/aromatic N) is 1. The van der Waals surface area contributed by atoms with Gasteiger partial charge < -0.3 is 15.0 Å². The molecular weight excluding hydrogens is 320 g/mol. The third-order valence-electron chi connectivity index (χ3n) is 4.59. The van der Waals surface area contributed by atoms with Gasteiger partial charge >= 0.3 is 5.97 Å². The van der Waals surface area contributed by atoms with E-state index in [0.29, 0.717) is 11.3 Å². The zero-order valence-corrected chi connectivity index (χ0v) is 14.9. The van der Waals surface area contributed by atoms with Gasteiger partial charge in [-0.2, -0.15) is 0 Å². The molecule has 2 rings (SSSR count). The van der Waals surface area contributed by atoms with Gasteiger partial charge in [-0.15, -0.1) is 0 Å². The summed E-state index contributed by atoms with van der Waals surface area (Å²) >= 11 is 0. The van der Waals surface area contributed by atoms with Crippen LogP contribution in [0.3, 0.4) is 0 Å². The number of para-hydroxylation sites is 1. The fourth-order valence-corrected chi connectivity index (χ4v) is 3.29. The summed E-state index contributed by atoms with van der Waals surface area (Å²) in [5, 5.41) is 2.73. The van der Waals surface area contributed by atoms with Crippen LogP contribution < -0.4 is 5.32 Å². The Morgan fingerprint density at radius 3 is 2.36 bits per heavy atom. The Morgan fingerprint density at radius 1 is 1.12 bits per heavy atom. The first-order valence-corrected chi connectivity index (χ1v) is 8.77. The van der Waals surface area contributed by atoms with Crippen LogP contribution in [0.1, 0.15) is 55.8 Å². The highest BCUT2D eigenvalue weighted by Gasteiger charge is 2.25. The van der Waals surface area contributed by atoms with Crippen molar-refractivity contribution in [1.82, 2.24) is 4.90 Å². The molecule has 1 aliphatic rings. The minimum Gasteiger partial charge on any atom is -0.465 e. The fourth-order valence-electron chi connectivity index (χ4n) is 3.29. The van der Waals surface area contributed by atoms with E-state index in [-0.39, 0.29) is 24.4 Å². The quantitative estimate of drug-likeness (QED) is 0.657. The molecule has 1 aromatic carbocycles. The van der Waals surface area contributed by atoms with Gasteiger partial charge in [0.15, 0.2) is 0 Å². The number of carbonyl (C=O) groups is 3. The van der Waals surface area contributed by atoms with Crippen LogP contribution in [0.4, 0.5) is 5.69 Å². The normalized spacial score (nSPS) is 15.1. The Bertz CT molecular complexity index is 622. The lowest BCUT2D eigenvalue weighted by Gasteiger charge is -2.29. The molecule has 0 unspecified atom stereocenters. The summed E-state index contributed by atoms with van der Waals surface area (Å²) in [6, 6.07) is 6.79. The largest absolute Gasteiger partial charge is 0.465 e. The lowest BCUT2D eigenvalue weighted by molar-refractivity contribution is -0.135. The molecule has 1 saturated carbocycles. The van der Waals surface area contributed by atoms with E-state index in [1.807, 2.05) is 0 Å². The van der Waals surface area contributed by atoms with E-state index < -0.39 is 5.97 Å². The zero-order chi connectivity index (χ0) is 18.2. The monoisotopic (exact) mass is 346 g/mol. The van der Waals surface area contributed by atoms with Crippen molar-refractivity contribution in [2.75, 3.05) is 19.0 Å². The molecule has 0 saturated heterocycles. The molecule has 1 aliphatic carbocycles. The number of methoxy groups -OCH3 is 1. The maximum Gasteiger partial charge on any atom is 0.339 e. The molecular formula is C19H26N2O4. The molecule has 6 nitrogen and oxygen atoms in total. The average molecular weight is 346 g/mol. The molecule has 0 aliphatic heterocycles. The summed E-state index contributed by atoms with van der Waals surface area (Å²) in [5.41, 5.74) is 0.686. The third-order valence-corrected chi connectivity index (χ3v) is 4.59. The van der Waals surface area contributed by atoms with Crippen molar-refractivity contribution in [1.29, 1.82) is 0 Å². The Hall–Kier alpha value is -2.37. The smallest absolute Gasteiger partial charge is 0.339 e. The summed E-state index contributed by atoms with van der Waals surface area (Å²) in [6.45, 7) is 1.50. The van der Waals surface area contributed by atoms with Gasteiger partial charge in [-0.25, -0.2) is 4.79 Å². The molecule has 0 aromatic heterocycles. The second kappa shape index (κ2) is 9.20. The Morgan fingerprint density at radius 2 is 1.76 bits per heavy atom. The van der Waals surface area contributed by atoms with Crippen LogP contribution in [0.15, 0.2) is 24.3 Å². The van der Waals surface area contributed by atoms with Gasteiger partial charge in [0.05, 0.1) is 18.4 Å². The van der Waals surface area contributed by atoms with E-state index in [0.717, 1.165) is 25.7 Å². The maximum absolute atomic E-state index is 12.5. The zero-order valence-electron chi connectivity index (χ0n) is 14.9. The Labute approximate surface area is 148 Å². The van der Waals surface area contributed by atoms with E-state index >= 15 is 0 Å². The highest BCUT2D eigenvalue weighted by Crippen LogP contribution is 2.22. The van der Waals surface area contributed by atoms with Gasteiger partial charge in [0.1, 0.15) is 6.54 Å². The first kappa shape index (κ1) is 19.0. The number of hydrogen-bond donors (Lipinski definition) is 1. The summed E-state index contributed by atoms with van der Waals surface area (Å²) in [7, 11) is 1.30. The van der Waals surface area contributed by atoms with Crippen LogP contribution in [0.25, 0.3) is 0 Å². The highest BCUT2D eigenvalue weighted by molar-refractivity contribution is 6.02. The second-order valence-electron chi connectivity index (χ2n) is 6.38. The van der Waals surface area contributed by atoms with E-state index in [1.54, 1.807) is 29.2 Å². The molecule has 0 radical (unpaired) electrons. The SMILES string of the molecule is COC(=O)c1ccccc1NC(=O)CN(C(C)=O)C1CCCCCC1. The van der Waals surface area contributed by atoms with Crippen molar-refractivity contribution >= 4 is 23.5 Å². The number of hydrogen-bond acceptors (Lipinski definition) is 4. The van der Waals surface area contributed by atoms with Crippen LogP contribution in [0.2, 0.25) is 0 Å². The van der Waals surface area contributed by atoms with Crippen molar-refractivity contribution in [3.63, 3.8) is 0 Å². The molecule has 25 heavy (non-hydrogen) atoms. The molecule has 0 heterocycles. The second-order valence-corrected chi connectivity index (χ2v) is 6.38. The van der Waals surface area contributed by atoms with Gasteiger partial charge in [0.2, 0.25) is 11.8 Å². The predicted octanol–water partition coefficient (Wildman–Crippen LogP) is 2.98. The molecule has 2 amide bonds. The van der Waals surface area contributed by atoms with Crippen LogP contribution in [0.5, 0.6) is 0 Å². The first-order chi connectivity index (χ1) is 12.0. The average Bonchev–Trinajstić information content (AvgIpc) is 2.88. The number of esters is 1. The standard InChI is InChI=1S/C19H26N2O4/c1-14(22)21(15-9-5-3-4-6-10-15)13-18(23)20-17-12-8-7-11-16(17)19(24)25-2/h7-8,11-12,15H,3-6,9-10,13H2,1-2H3,(H,20,23). The lowest BCUT2D eigenvalue weighted by atomic mass is 10.1. The summed E-state index contributed by atoms with van der Waals surface area (Å²) in [5.74, 6) is -0.915. The van der Waals surface area contributed by atoms with E-state index in [4.69, 9.17) is 4.74 Å². The molecule has 1 aromatic rings. The van der Waals surface area contributed by atoms with Gasteiger partial charge in [0, 0.05) is 13.0 Å². The van der Waals surface area contributed by atoms with Crippen LogP contribution in [0, 0.1) is 0 Å². The molecule has 0 bridgehead atoms. The highest BCUT2D eigenvalue weighted by atomic mass is 16.5. The van der Waals surface area contributed by atoms with Crippen LogP contribution in [-0.2, 0) is 14.3 Å². The number of amides is 2. The van der Waals surface area contributed by atoms with Crippen molar-refractivity contribution < 1.29 is 19.1 Å². The van der Waals surface area contributed by atoms with Gasteiger partial charge in [-0.1, -0.05) is 37.8 Å². The minimum absolute atomic E-state index is 0.00446. The van der Waals surface area contributed by atoms with Crippen molar-refractivity contribution in [2.24, 2.45) is 0 Å². The number of ether oxygens (including phenoxy) is 1. The molecule has 136 valence electrons. The summed E-state index contributed by atoms with van der Waals surface area (Å²) in [4.78, 5) is 37.9. The number of anilines is 1. The minimum atomic E-state index is -0.511. The van der Waals surface area contributed by atoms with E-state index in [9.17, 15) is 14.4 Å². The number of nitrogens with one attached hydrogen (secondary N) is 1. The number of rotatable bonds is 5. The number of benzene rings is 1. The summed E-state index contributed by atoms with van der Waals surface area (Å²) in [6.07, 6.45) is 6.40. The summed E-state index contributed by atoms with van der Waals surface area (Å²) < 4.78 is 4.73. The topological polar surface area (TPSA) is 75.7 Å². The van der Waals surface area contributed by atoms with Crippen molar-refractivity contribution in [3.05, 3.63) is 29.8 Å². The Kier molecular flexibility index (Phi) is 6.98. The van der Waals surface area contributed by atoms with E-state index in [1.165, 1.54) is 26.9 Å². The van der Waals surface area contributed by atoms with Crippen LogP contribution in [-0.4, -0.2) is 42.4 Å². The van der Waals surface area contributed by atoms with Crippen molar-refractivity contribution in [2.45, 2.75) is 51.5 Å². The van der Waals surface area contributed by atoms with Gasteiger partial charge in [0.25, 0.3) is 0 Å². The third kappa shape index (κ3) is 5.31. The molecule has 1 fully saturated rings. The molecule has 1 N–H and O–H groups in total. The molecule has 0 atom stereocenters. The molecule has 6 heteroatoms. The fraction of sp³-hybridized carbons (Fsp3) is 0.526. The maximum atomic E-state index is 12.5. The van der Waals surface area contributed by atoms with Gasteiger partial charge in [-0.05, 0) is 25.0 Å².